The highest BCUT2D eigenvalue weighted by atomic mass is 16.3. The summed E-state index contributed by atoms with van der Waals surface area (Å²) in [5.41, 5.74) is 0.0290. The van der Waals surface area contributed by atoms with Gasteiger partial charge < -0.3 is 5.11 Å². The quantitative estimate of drug-likeness (QED) is 0.815. The van der Waals surface area contributed by atoms with Crippen LogP contribution in [-0.4, -0.2) is 35.2 Å². The van der Waals surface area contributed by atoms with Crippen molar-refractivity contribution < 1.29 is 5.11 Å². The van der Waals surface area contributed by atoms with Crippen LogP contribution >= 0.6 is 0 Å². The summed E-state index contributed by atoms with van der Waals surface area (Å²) < 4.78 is 0. The second-order valence-electron chi connectivity index (χ2n) is 6.89. The maximum Gasteiger partial charge on any atom is 0.0575 e. The van der Waals surface area contributed by atoms with Crippen molar-refractivity contribution in [3.05, 3.63) is 0 Å². The third-order valence-corrected chi connectivity index (χ3v) is 5.10. The third kappa shape index (κ3) is 3.03. The zero-order chi connectivity index (χ0) is 12.5. The minimum Gasteiger partial charge on any atom is -0.393 e. The molecule has 2 heteroatoms. The minimum absolute atomic E-state index is 0.0290. The first kappa shape index (κ1) is 13.4. The van der Waals surface area contributed by atoms with Crippen molar-refractivity contribution in [2.45, 2.75) is 71.4 Å². The summed E-state index contributed by atoms with van der Waals surface area (Å²) in [6, 6.07) is 0.815. The maximum atomic E-state index is 9.87. The normalized spacial score (nSPS) is 30.0. The second-order valence-corrected chi connectivity index (χ2v) is 6.89. The van der Waals surface area contributed by atoms with Gasteiger partial charge in [-0.2, -0.15) is 0 Å². The minimum atomic E-state index is -0.215. The monoisotopic (exact) mass is 239 g/mol. The largest absolute Gasteiger partial charge is 0.393 e. The number of hydrogen-bond acceptors (Lipinski definition) is 2. The molecule has 2 unspecified atom stereocenters. The summed E-state index contributed by atoms with van der Waals surface area (Å²) in [5.74, 6) is 0.947. The lowest BCUT2D eigenvalue weighted by Crippen LogP contribution is -2.44. The zero-order valence-corrected chi connectivity index (χ0v) is 11.8. The molecule has 2 atom stereocenters. The first-order chi connectivity index (χ1) is 8.00. The van der Waals surface area contributed by atoms with Crippen molar-refractivity contribution in [1.29, 1.82) is 0 Å². The van der Waals surface area contributed by atoms with E-state index in [1.54, 1.807) is 0 Å². The highest BCUT2D eigenvalue weighted by molar-refractivity contribution is 4.90. The van der Waals surface area contributed by atoms with Gasteiger partial charge >= 0.3 is 0 Å². The van der Waals surface area contributed by atoms with Crippen LogP contribution in [0.1, 0.15) is 59.3 Å². The van der Waals surface area contributed by atoms with Crippen molar-refractivity contribution in [2.24, 2.45) is 11.3 Å². The smallest absolute Gasteiger partial charge is 0.0575 e. The average Bonchev–Trinajstić information content (AvgIpc) is 2.85. The maximum absolute atomic E-state index is 9.87. The molecule has 0 aromatic heterocycles. The van der Waals surface area contributed by atoms with Crippen LogP contribution in [0.5, 0.6) is 0 Å². The lowest BCUT2D eigenvalue weighted by Gasteiger charge is -2.37. The summed E-state index contributed by atoms with van der Waals surface area (Å²) in [6.45, 7) is 8.63. The van der Waals surface area contributed by atoms with Crippen LogP contribution in [0.15, 0.2) is 0 Å². The molecule has 1 aliphatic carbocycles. The Balaban J connectivity index is 1.95. The van der Waals surface area contributed by atoms with E-state index in [0.717, 1.165) is 18.5 Å². The number of nitrogens with zero attached hydrogens (tertiary/aromatic N) is 1. The van der Waals surface area contributed by atoms with E-state index >= 15 is 0 Å². The third-order valence-electron chi connectivity index (χ3n) is 5.10. The van der Waals surface area contributed by atoms with E-state index in [2.05, 4.69) is 18.7 Å². The van der Waals surface area contributed by atoms with Gasteiger partial charge in [-0.1, -0.05) is 26.7 Å². The lowest BCUT2D eigenvalue weighted by molar-refractivity contribution is 0.0242. The van der Waals surface area contributed by atoms with Crippen LogP contribution in [0, 0.1) is 11.3 Å². The van der Waals surface area contributed by atoms with Gasteiger partial charge in [0.1, 0.15) is 0 Å². The van der Waals surface area contributed by atoms with Crippen LogP contribution < -0.4 is 0 Å². The molecule has 2 fully saturated rings. The molecule has 0 radical (unpaired) electrons. The predicted octanol–water partition coefficient (Wildman–Crippen LogP) is 3.05. The fourth-order valence-corrected chi connectivity index (χ4v) is 3.58. The predicted molar refractivity (Wildman–Crippen MR) is 72.0 cm³/mol. The van der Waals surface area contributed by atoms with E-state index in [9.17, 15) is 5.11 Å². The lowest BCUT2D eigenvalue weighted by atomic mass is 9.85. The van der Waals surface area contributed by atoms with Gasteiger partial charge in [0.2, 0.25) is 0 Å². The van der Waals surface area contributed by atoms with Crippen LogP contribution in [0.3, 0.4) is 0 Å². The molecule has 1 aliphatic heterocycles. The number of hydrogen-bond donors (Lipinski definition) is 1. The molecule has 2 aliphatic rings. The average molecular weight is 239 g/mol. The van der Waals surface area contributed by atoms with E-state index in [4.69, 9.17) is 0 Å². The van der Waals surface area contributed by atoms with Crippen LogP contribution in [0.4, 0.5) is 0 Å². The van der Waals surface area contributed by atoms with E-state index < -0.39 is 0 Å². The number of aliphatic hydroxyl groups is 1. The number of likely N-dealkylation sites (tertiary alicyclic amines) is 1. The van der Waals surface area contributed by atoms with Gasteiger partial charge in [0.05, 0.1) is 6.10 Å². The van der Waals surface area contributed by atoms with E-state index in [1.165, 1.54) is 45.1 Å². The fraction of sp³-hybridized carbons (Fsp3) is 1.00. The molecule has 100 valence electrons. The summed E-state index contributed by atoms with van der Waals surface area (Å²) in [6.07, 6.45) is 8.29. The molecule has 1 saturated carbocycles. The summed E-state index contributed by atoms with van der Waals surface area (Å²) in [4.78, 5) is 2.67. The Labute approximate surface area is 106 Å². The van der Waals surface area contributed by atoms with Crippen LogP contribution in [-0.2, 0) is 0 Å². The van der Waals surface area contributed by atoms with Crippen molar-refractivity contribution >= 4 is 0 Å². The Morgan fingerprint density at radius 3 is 2.41 bits per heavy atom. The Morgan fingerprint density at radius 2 is 1.82 bits per heavy atom. The first-order valence-corrected chi connectivity index (χ1v) is 7.43. The van der Waals surface area contributed by atoms with Gasteiger partial charge in [-0.3, -0.25) is 4.90 Å². The molecule has 2 nitrogen and oxygen atoms in total. The fourth-order valence-electron chi connectivity index (χ4n) is 3.58. The highest BCUT2D eigenvalue weighted by Crippen LogP contribution is 2.37. The van der Waals surface area contributed by atoms with Gasteiger partial charge in [-0.05, 0) is 45.1 Å². The van der Waals surface area contributed by atoms with Gasteiger partial charge in [-0.25, -0.2) is 0 Å². The van der Waals surface area contributed by atoms with Gasteiger partial charge in [0.15, 0.2) is 0 Å². The van der Waals surface area contributed by atoms with E-state index in [0.29, 0.717) is 0 Å². The number of rotatable bonds is 4. The number of aliphatic hydroxyl groups excluding tert-OH is 1. The molecule has 0 amide bonds. The Bertz CT molecular complexity index is 243. The van der Waals surface area contributed by atoms with Gasteiger partial charge in [0.25, 0.3) is 0 Å². The van der Waals surface area contributed by atoms with Crippen molar-refractivity contribution in [2.75, 3.05) is 13.1 Å². The SMILES string of the molecule is CC(O)C(C)(C)CN1CCCC1C1CCCC1. The summed E-state index contributed by atoms with van der Waals surface area (Å²) in [5, 5.41) is 9.87. The molecular weight excluding hydrogens is 210 g/mol. The molecule has 1 N–H and O–H groups in total. The van der Waals surface area contributed by atoms with E-state index in [-0.39, 0.29) is 11.5 Å². The molecule has 1 saturated heterocycles. The molecule has 2 rings (SSSR count). The molecule has 0 spiro atoms. The van der Waals surface area contributed by atoms with Crippen molar-refractivity contribution in [1.82, 2.24) is 4.90 Å². The first-order valence-electron chi connectivity index (χ1n) is 7.43. The Kier molecular flexibility index (Phi) is 4.14. The Hall–Kier alpha value is -0.0800. The van der Waals surface area contributed by atoms with E-state index in [1.807, 2.05) is 6.92 Å². The zero-order valence-electron chi connectivity index (χ0n) is 11.8. The summed E-state index contributed by atoms with van der Waals surface area (Å²) in [7, 11) is 0. The van der Waals surface area contributed by atoms with Gasteiger partial charge in [0, 0.05) is 18.0 Å². The second kappa shape index (κ2) is 5.27. The molecule has 0 aromatic carbocycles. The van der Waals surface area contributed by atoms with Crippen LogP contribution in [0.2, 0.25) is 0 Å². The molecule has 0 bridgehead atoms. The van der Waals surface area contributed by atoms with Gasteiger partial charge in [-0.15, -0.1) is 0 Å². The molecular formula is C15H29NO. The Morgan fingerprint density at radius 1 is 1.18 bits per heavy atom. The van der Waals surface area contributed by atoms with Crippen LogP contribution in [0.25, 0.3) is 0 Å². The topological polar surface area (TPSA) is 23.5 Å². The summed E-state index contributed by atoms with van der Waals surface area (Å²) >= 11 is 0. The van der Waals surface area contributed by atoms with Crippen molar-refractivity contribution in [3.63, 3.8) is 0 Å². The molecule has 0 aromatic rings. The molecule has 1 heterocycles. The highest BCUT2D eigenvalue weighted by Gasteiger charge is 2.37. The molecule has 17 heavy (non-hydrogen) atoms. The van der Waals surface area contributed by atoms with Crippen molar-refractivity contribution in [3.8, 4) is 0 Å². The standard InChI is InChI=1S/C15H29NO/c1-12(17)15(2,3)11-16-10-6-9-14(16)13-7-4-5-8-13/h12-14,17H,4-11H2,1-3H3.